The predicted molar refractivity (Wildman–Crippen MR) is 81.7 cm³/mol. The molecular weight excluding hydrogens is 290 g/mol. The molecule has 0 fully saturated rings. The number of carboxylic acid groups (broad SMARTS) is 1. The van der Waals surface area contributed by atoms with Gasteiger partial charge in [-0.25, -0.2) is 4.79 Å². The van der Waals surface area contributed by atoms with Gasteiger partial charge in [0, 0.05) is 17.8 Å². The summed E-state index contributed by atoms with van der Waals surface area (Å²) in [5.74, 6) is -1.17. The van der Waals surface area contributed by atoms with Crippen LogP contribution in [0.2, 0.25) is 0 Å². The number of carbonyl (C=O) groups is 2. The first-order valence-corrected chi connectivity index (χ1v) is 7.55. The summed E-state index contributed by atoms with van der Waals surface area (Å²) in [6.45, 7) is 3.02. The molecule has 0 aliphatic heterocycles. The molecule has 6 heteroatoms. The van der Waals surface area contributed by atoms with Crippen molar-refractivity contribution in [3.63, 3.8) is 0 Å². The van der Waals surface area contributed by atoms with Crippen LogP contribution in [0.5, 0.6) is 0 Å². The average molecular weight is 307 g/mol. The Morgan fingerprint density at radius 3 is 2.81 bits per heavy atom. The van der Waals surface area contributed by atoms with E-state index < -0.39 is 5.97 Å². The SMILES string of the molecule is CCOC(=O)CCNCc1c(C(=O)O)sc2ccccc12. The number of carboxylic acids is 1. The zero-order valence-electron chi connectivity index (χ0n) is 11.7. The van der Waals surface area contributed by atoms with Gasteiger partial charge in [0.25, 0.3) is 0 Å². The van der Waals surface area contributed by atoms with Gasteiger partial charge in [0.15, 0.2) is 0 Å². The van der Waals surface area contributed by atoms with Crippen molar-refractivity contribution < 1.29 is 19.4 Å². The number of hydrogen-bond donors (Lipinski definition) is 2. The molecular formula is C15H17NO4S. The summed E-state index contributed by atoms with van der Waals surface area (Å²) in [5.41, 5.74) is 0.770. The molecule has 0 bridgehead atoms. The molecule has 0 saturated carbocycles. The van der Waals surface area contributed by atoms with E-state index in [1.54, 1.807) is 6.92 Å². The molecule has 0 aliphatic carbocycles. The van der Waals surface area contributed by atoms with Gasteiger partial charge in [0.1, 0.15) is 4.88 Å². The van der Waals surface area contributed by atoms with E-state index in [0.29, 0.717) is 24.6 Å². The van der Waals surface area contributed by atoms with Crippen LogP contribution in [0.15, 0.2) is 24.3 Å². The molecule has 0 radical (unpaired) electrons. The molecule has 0 aliphatic rings. The lowest BCUT2D eigenvalue weighted by atomic mass is 10.1. The van der Waals surface area contributed by atoms with Crippen LogP contribution in [0.25, 0.3) is 10.1 Å². The Morgan fingerprint density at radius 1 is 1.33 bits per heavy atom. The standard InChI is InChI=1S/C15H17NO4S/c1-2-20-13(17)7-8-16-9-11-10-5-3-4-6-12(10)21-14(11)15(18)19/h3-6,16H,2,7-9H2,1H3,(H,18,19). The molecule has 5 nitrogen and oxygen atoms in total. The van der Waals surface area contributed by atoms with Crippen LogP contribution in [0.1, 0.15) is 28.6 Å². The first-order valence-electron chi connectivity index (χ1n) is 6.73. The molecule has 0 unspecified atom stereocenters. The Hall–Kier alpha value is -1.92. The molecule has 21 heavy (non-hydrogen) atoms. The molecule has 0 spiro atoms. The Labute approximate surface area is 126 Å². The highest BCUT2D eigenvalue weighted by Gasteiger charge is 2.16. The number of carbonyl (C=O) groups excluding carboxylic acids is 1. The Kier molecular flexibility index (Phi) is 5.30. The number of fused-ring (bicyclic) bond motifs is 1. The third-order valence-corrected chi connectivity index (χ3v) is 4.21. The van der Waals surface area contributed by atoms with E-state index in [2.05, 4.69) is 5.32 Å². The molecule has 2 rings (SSSR count). The second-order valence-electron chi connectivity index (χ2n) is 4.44. The molecule has 112 valence electrons. The van der Waals surface area contributed by atoms with Crippen LogP contribution in [0.3, 0.4) is 0 Å². The van der Waals surface area contributed by atoms with E-state index in [1.807, 2.05) is 24.3 Å². The van der Waals surface area contributed by atoms with E-state index in [4.69, 9.17) is 4.74 Å². The van der Waals surface area contributed by atoms with Crippen molar-refractivity contribution in [3.8, 4) is 0 Å². The third kappa shape index (κ3) is 3.80. The van der Waals surface area contributed by atoms with Gasteiger partial charge in [0.05, 0.1) is 13.0 Å². The maximum atomic E-state index is 11.3. The normalized spacial score (nSPS) is 10.7. The Balaban J connectivity index is 2.05. The summed E-state index contributed by atoms with van der Waals surface area (Å²) in [6.07, 6.45) is 0.276. The van der Waals surface area contributed by atoms with Crippen LogP contribution in [0, 0.1) is 0 Å². The maximum absolute atomic E-state index is 11.3. The second kappa shape index (κ2) is 7.19. The first-order chi connectivity index (χ1) is 10.1. The number of ether oxygens (including phenoxy) is 1. The van der Waals surface area contributed by atoms with E-state index in [9.17, 15) is 14.7 Å². The third-order valence-electron chi connectivity index (χ3n) is 3.01. The summed E-state index contributed by atoms with van der Waals surface area (Å²) < 4.78 is 5.80. The van der Waals surface area contributed by atoms with Crippen LogP contribution >= 0.6 is 11.3 Å². The molecule has 0 atom stereocenters. The van der Waals surface area contributed by atoms with Crippen LogP contribution in [0.4, 0.5) is 0 Å². The smallest absolute Gasteiger partial charge is 0.346 e. The molecule has 2 N–H and O–H groups in total. The number of nitrogens with one attached hydrogen (secondary N) is 1. The summed E-state index contributed by atoms with van der Waals surface area (Å²) >= 11 is 1.27. The fourth-order valence-electron chi connectivity index (χ4n) is 2.08. The van der Waals surface area contributed by atoms with Crippen LogP contribution in [-0.4, -0.2) is 30.2 Å². The van der Waals surface area contributed by atoms with Crippen molar-refractivity contribution in [1.82, 2.24) is 5.32 Å². The highest BCUT2D eigenvalue weighted by atomic mass is 32.1. The van der Waals surface area contributed by atoms with Gasteiger partial charge in [-0.1, -0.05) is 18.2 Å². The monoisotopic (exact) mass is 307 g/mol. The van der Waals surface area contributed by atoms with Crippen molar-refractivity contribution in [2.75, 3.05) is 13.2 Å². The van der Waals surface area contributed by atoms with E-state index >= 15 is 0 Å². The van der Waals surface area contributed by atoms with E-state index in [0.717, 1.165) is 15.6 Å². The molecule has 1 heterocycles. The Morgan fingerprint density at radius 2 is 2.10 bits per heavy atom. The highest BCUT2D eigenvalue weighted by molar-refractivity contribution is 7.21. The number of thiophene rings is 1. The van der Waals surface area contributed by atoms with Crippen molar-refractivity contribution in [1.29, 1.82) is 0 Å². The molecule has 1 aromatic carbocycles. The number of benzene rings is 1. The minimum absolute atomic E-state index is 0.251. The lowest BCUT2D eigenvalue weighted by molar-refractivity contribution is -0.142. The fourth-order valence-corrected chi connectivity index (χ4v) is 3.14. The zero-order chi connectivity index (χ0) is 15.2. The van der Waals surface area contributed by atoms with Gasteiger partial charge in [-0.05, 0) is 23.9 Å². The van der Waals surface area contributed by atoms with Gasteiger partial charge in [-0.2, -0.15) is 0 Å². The summed E-state index contributed by atoms with van der Waals surface area (Å²) in [4.78, 5) is 22.9. The minimum atomic E-state index is -0.918. The average Bonchev–Trinajstić information content (AvgIpc) is 2.83. The van der Waals surface area contributed by atoms with Gasteiger partial charge in [0.2, 0.25) is 0 Å². The number of hydrogen-bond acceptors (Lipinski definition) is 5. The van der Waals surface area contributed by atoms with Gasteiger partial charge in [-0.15, -0.1) is 11.3 Å². The molecule has 1 aromatic heterocycles. The van der Waals surface area contributed by atoms with Crippen LogP contribution < -0.4 is 5.32 Å². The van der Waals surface area contributed by atoms with Gasteiger partial charge >= 0.3 is 11.9 Å². The maximum Gasteiger partial charge on any atom is 0.346 e. The Bertz CT molecular complexity index is 650. The predicted octanol–water partition coefficient (Wildman–Crippen LogP) is 2.64. The number of rotatable bonds is 7. The van der Waals surface area contributed by atoms with E-state index in [-0.39, 0.29) is 12.4 Å². The molecule has 2 aromatic rings. The topological polar surface area (TPSA) is 75.6 Å². The molecule has 0 amide bonds. The van der Waals surface area contributed by atoms with Crippen LogP contribution in [-0.2, 0) is 16.1 Å². The summed E-state index contributed by atoms with van der Waals surface area (Å²) in [7, 11) is 0. The molecule has 0 saturated heterocycles. The van der Waals surface area contributed by atoms with Crippen molar-refractivity contribution >= 4 is 33.4 Å². The lowest BCUT2D eigenvalue weighted by Crippen LogP contribution is -2.19. The van der Waals surface area contributed by atoms with Gasteiger partial charge in [-0.3, -0.25) is 4.79 Å². The number of aromatic carboxylic acids is 1. The second-order valence-corrected chi connectivity index (χ2v) is 5.50. The largest absolute Gasteiger partial charge is 0.477 e. The minimum Gasteiger partial charge on any atom is -0.477 e. The van der Waals surface area contributed by atoms with E-state index in [1.165, 1.54) is 11.3 Å². The van der Waals surface area contributed by atoms with Crippen molar-refractivity contribution in [3.05, 3.63) is 34.7 Å². The van der Waals surface area contributed by atoms with Crippen molar-refractivity contribution in [2.45, 2.75) is 19.9 Å². The first kappa shape index (κ1) is 15.5. The lowest BCUT2D eigenvalue weighted by Gasteiger charge is -2.05. The summed E-state index contributed by atoms with van der Waals surface area (Å²) in [5, 5.41) is 13.3. The van der Waals surface area contributed by atoms with Gasteiger partial charge < -0.3 is 15.2 Å². The van der Waals surface area contributed by atoms with Crippen molar-refractivity contribution in [2.24, 2.45) is 0 Å². The quantitative estimate of drug-likeness (QED) is 0.607. The highest BCUT2D eigenvalue weighted by Crippen LogP contribution is 2.31. The zero-order valence-corrected chi connectivity index (χ0v) is 12.5. The fraction of sp³-hybridized carbons (Fsp3) is 0.333. The number of esters is 1. The summed E-state index contributed by atoms with van der Waals surface area (Å²) in [6, 6.07) is 7.61.